The van der Waals surface area contributed by atoms with Gasteiger partial charge >= 0.3 is 0 Å². The van der Waals surface area contributed by atoms with E-state index in [1.807, 2.05) is 5.38 Å². The van der Waals surface area contributed by atoms with Crippen molar-refractivity contribution in [2.75, 3.05) is 11.5 Å². The Labute approximate surface area is 85.6 Å². The Bertz CT molecular complexity index is 445. The number of nitrogens with two attached hydrogens (primary N) is 2. The molecule has 4 heteroatoms. The number of benzene rings is 1. The highest BCUT2D eigenvalue weighted by Crippen LogP contribution is 2.40. The first-order valence-electron chi connectivity index (χ1n) is 4.11. The predicted octanol–water partition coefficient (Wildman–Crippen LogP) is 2.29. The van der Waals surface area contributed by atoms with Crippen molar-refractivity contribution in [3.8, 4) is 16.2 Å². The van der Waals surface area contributed by atoms with Crippen molar-refractivity contribution in [2.24, 2.45) is 0 Å². The number of aromatic hydroxyl groups is 1. The number of thiophene rings is 1. The summed E-state index contributed by atoms with van der Waals surface area (Å²) in [5.74, 6) is 0.166. The summed E-state index contributed by atoms with van der Waals surface area (Å²) < 4.78 is 0. The second-order valence-corrected chi connectivity index (χ2v) is 3.86. The van der Waals surface area contributed by atoms with Crippen molar-refractivity contribution in [2.45, 2.75) is 0 Å². The Balaban J connectivity index is 2.68. The highest BCUT2D eigenvalue weighted by atomic mass is 32.1. The average molecular weight is 206 g/mol. The molecule has 2 aromatic rings. The maximum atomic E-state index is 9.66. The lowest BCUT2D eigenvalue weighted by molar-refractivity contribution is 0.478. The molecule has 72 valence electrons. The van der Waals surface area contributed by atoms with Gasteiger partial charge in [0.2, 0.25) is 0 Å². The Kier molecular flexibility index (Phi) is 2.05. The largest absolute Gasteiger partial charge is 0.507 e. The first-order chi connectivity index (χ1) is 6.70. The molecule has 0 bridgehead atoms. The predicted molar refractivity (Wildman–Crippen MR) is 60.2 cm³/mol. The molecule has 0 aliphatic heterocycles. The minimum Gasteiger partial charge on any atom is -0.507 e. The fraction of sp³-hybridized carbons (Fsp3) is 0. The van der Waals surface area contributed by atoms with Gasteiger partial charge in [-0.2, -0.15) is 0 Å². The highest BCUT2D eigenvalue weighted by molar-refractivity contribution is 7.14. The van der Waals surface area contributed by atoms with Gasteiger partial charge in [0.25, 0.3) is 0 Å². The Morgan fingerprint density at radius 1 is 1.07 bits per heavy atom. The molecule has 5 N–H and O–H groups in total. The molecular formula is C10H10N2OS. The molecule has 0 atom stereocenters. The molecular weight excluding hydrogens is 196 g/mol. The molecule has 0 radical (unpaired) electrons. The number of phenolic OH excluding ortho intramolecular Hbond substituents is 1. The van der Waals surface area contributed by atoms with E-state index >= 15 is 0 Å². The minimum atomic E-state index is 0.166. The number of hydrogen-bond acceptors (Lipinski definition) is 4. The standard InChI is InChI=1S/C10H10N2OS/c11-6-2-1-3-8(13)9(6)10-7(12)4-5-14-10/h1-5,13H,11-12H2. The van der Waals surface area contributed by atoms with Crippen LogP contribution in [0.1, 0.15) is 0 Å². The Morgan fingerprint density at radius 3 is 2.43 bits per heavy atom. The van der Waals surface area contributed by atoms with Crippen LogP contribution in [0.25, 0.3) is 10.4 Å². The molecule has 3 nitrogen and oxygen atoms in total. The number of hydrogen-bond donors (Lipinski definition) is 3. The van der Waals surface area contributed by atoms with Crippen LogP contribution in [0, 0.1) is 0 Å². The lowest BCUT2D eigenvalue weighted by Crippen LogP contribution is -1.91. The van der Waals surface area contributed by atoms with Crippen LogP contribution in [0.3, 0.4) is 0 Å². The summed E-state index contributed by atoms with van der Waals surface area (Å²) in [5, 5.41) is 11.5. The highest BCUT2D eigenvalue weighted by Gasteiger charge is 2.11. The van der Waals surface area contributed by atoms with Crippen molar-refractivity contribution < 1.29 is 5.11 Å². The lowest BCUT2D eigenvalue weighted by Gasteiger charge is -2.06. The monoisotopic (exact) mass is 206 g/mol. The molecule has 1 aromatic carbocycles. The van der Waals surface area contributed by atoms with E-state index in [0.29, 0.717) is 16.9 Å². The van der Waals surface area contributed by atoms with E-state index in [9.17, 15) is 5.11 Å². The topological polar surface area (TPSA) is 72.3 Å². The molecule has 0 unspecified atom stereocenters. The number of rotatable bonds is 1. The van der Waals surface area contributed by atoms with Gasteiger partial charge in [-0.15, -0.1) is 11.3 Å². The fourth-order valence-corrected chi connectivity index (χ4v) is 2.22. The van der Waals surface area contributed by atoms with Gasteiger partial charge in [-0.1, -0.05) is 6.07 Å². The molecule has 0 saturated carbocycles. The third kappa shape index (κ3) is 1.29. The Morgan fingerprint density at radius 2 is 1.86 bits per heavy atom. The zero-order chi connectivity index (χ0) is 10.1. The Hall–Kier alpha value is -1.68. The number of phenols is 1. The quantitative estimate of drug-likeness (QED) is 0.627. The van der Waals surface area contributed by atoms with E-state index in [0.717, 1.165) is 4.88 Å². The second-order valence-electron chi connectivity index (χ2n) is 2.95. The molecule has 0 aliphatic carbocycles. The zero-order valence-corrected chi connectivity index (χ0v) is 8.21. The smallest absolute Gasteiger partial charge is 0.126 e. The SMILES string of the molecule is Nc1ccsc1-c1c(N)cccc1O. The van der Waals surface area contributed by atoms with Crippen LogP contribution in [-0.2, 0) is 0 Å². The van der Waals surface area contributed by atoms with Crippen LogP contribution in [-0.4, -0.2) is 5.11 Å². The summed E-state index contributed by atoms with van der Waals surface area (Å²) >= 11 is 1.47. The maximum Gasteiger partial charge on any atom is 0.126 e. The van der Waals surface area contributed by atoms with Crippen molar-refractivity contribution in [3.63, 3.8) is 0 Å². The van der Waals surface area contributed by atoms with Crippen LogP contribution in [0.2, 0.25) is 0 Å². The molecule has 0 aliphatic rings. The van der Waals surface area contributed by atoms with E-state index in [1.54, 1.807) is 24.3 Å². The minimum absolute atomic E-state index is 0.166. The summed E-state index contributed by atoms with van der Waals surface area (Å²) in [6.07, 6.45) is 0. The van der Waals surface area contributed by atoms with Crippen molar-refractivity contribution in [1.82, 2.24) is 0 Å². The van der Waals surface area contributed by atoms with E-state index < -0.39 is 0 Å². The molecule has 1 aromatic heterocycles. The van der Waals surface area contributed by atoms with Crippen molar-refractivity contribution in [3.05, 3.63) is 29.6 Å². The first-order valence-corrected chi connectivity index (χ1v) is 4.99. The van der Waals surface area contributed by atoms with Crippen LogP contribution in [0.5, 0.6) is 5.75 Å². The average Bonchev–Trinajstić information content (AvgIpc) is 2.52. The normalized spacial score (nSPS) is 10.3. The van der Waals surface area contributed by atoms with E-state index in [-0.39, 0.29) is 5.75 Å². The van der Waals surface area contributed by atoms with E-state index in [1.165, 1.54) is 11.3 Å². The van der Waals surface area contributed by atoms with Gasteiger partial charge in [-0.25, -0.2) is 0 Å². The van der Waals surface area contributed by atoms with Gasteiger partial charge in [0.1, 0.15) is 5.75 Å². The maximum absolute atomic E-state index is 9.66. The number of nitrogen functional groups attached to an aromatic ring is 2. The zero-order valence-electron chi connectivity index (χ0n) is 7.40. The van der Waals surface area contributed by atoms with Crippen LogP contribution in [0.15, 0.2) is 29.6 Å². The second kappa shape index (κ2) is 3.23. The van der Waals surface area contributed by atoms with Crippen molar-refractivity contribution >= 4 is 22.7 Å². The van der Waals surface area contributed by atoms with Crippen LogP contribution < -0.4 is 11.5 Å². The number of anilines is 2. The van der Waals surface area contributed by atoms with Crippen molar-refractivity contribution in [1.29, 1.82) is 0 Å². The molecule has 14 heavy (non-hydrogen) atoms. The van der Waals surface area contributed by atoms with E-state index in [2.05, 4.69) is 0 Å². The van der Waals surface area contributed by atoms with Gasteiger partial charge in [-0.05, 0) is 23.6 Å². The van der Waals surface area contributed by atoms with E-state index in [4.69, 9.17) is 11.5 Å². The molecule has 2 rings (SSSR count). The summed E-state index contributed by atoms with van der Waals surface area (Å²) in [6, 6.07) is 6.85. The fourth-order valence-electron chi connectivity index (χ4n) is 1.33. The van der Waals surface area contributed by atoms with Gasteiger partial charge in [0.05, 0.1) is 16.1 Å². The summed E-state index contributed by atoms with van der Waals surface area (Å²) in [7, 11) is 0. The van der Waals surface area contributed by atoms with Gasteiger partial charge in [0.15, 0.2) is 0 Å². The van der Waals surface area contributed by atoms with Crippen LogP contribution >= 0.6 is 11.3 Å². The van der Waals surface area contributed by atoms with Crippen LogP contribution in [0.4, 0.5) is 11.4 Å². The molecule has 0 amide bonds. The third-order valence-corrected chi connectivity index (χ3v) is 2.95. The third-order valence-electron chi connectivity index (χ3n) is 2.00. The molecule has 0 saturated heterocycles. The molecule has 0 spiro atoms. The molecule has 1 heterocycles. The first kappa shape index (κ1) is 8.90. The lowest BCUT2D eigenvalue weighted by atomic mass is 10.1. The van der Waals surface area contributed by atoms with Gasteiger partial charge < -0.3 is 16.6 Å². The molecule has 0 fully saturated rings. The van der Waals surface area contributed by atoms with Gasteiger partial charge in [0, 0.05) is 5.69 Å². The summed E-state index contributed by atoms with van der Waals surface area (Å²) in [5.41, 5.74) is 13.3. The summed E-state index contributed by atoms with van der Waals surface area (Å²) in [4.78, 5) is 0.820. The van der Waals surface area contributed by atoms with Gasteiger partial charge in [-0.3, -0.25) is 0 Å². The summed E-state index contributed by atoms with van der Waals surface area (Å²) in [6.45, 7) is 0.